The first kappa shape index (κ1) is 22.7. The van der Waals surface area contributed by atoms with Gasteiger partial charge in [-0.2, -0.15) is 0 Å². The van der Waals surface area contributed by atoms with E-state index in [0.29, 0.717) is 23.3 Å². The number of ether oxygens (including phenoxy) is 1. The van der Waals surface area contributed by atoms with E-state index in [1.165, 1.54) is 55.2 Å². The van der Waals surface area contributed by atoms with Crippen LogP contribution in [0, 0.1) is 30.1 Å². The minimum absolute atomic E-state index is 0.00157. The molecule has 2 aliphatic heterocycles. The van der Waals surface area contributed by atoms with Crippen molar-refractivity contribution in [3.63, 3.8) is 0 Å². The average molecular weight is 459 g/mol. The lowest BCUT2D eigenvalue weighted by atomic mass is 9.55. The van der Waals surface area contributed by atoms with Crippen molar-refractivity contribution in [3.05, 3.63) is 59.0 Å². The smallest absolute Gasteiger partial charge is 0.0956 e. The summed E-state index contributed by atoms with van der Waals surface area (Å²) in [6, 6.07) is 2.74. The summed E-state index contributed by atoms with van der Waals surface area (Å²) in [7, 11) is 4.47. The highest BCUT2D eigenvalue weighted by Crippen LogP contribution is 2.69. The topological polar surface area (TPSA) is 25.4 Å². The molecule has 1 saturated heterocycles. The van der Waals surface area contributed by atoms with E-state index in [0.717, 1.165) is 18.8 Å². The van der Waals surface area contributed by atoms with Crippen molar-refractivity contribution in [1.29, 1.82) is 0 Å². The molecule has 6 rings (SSSR count). The molecule has 1 aromatic heterocycles. The summed E-state index contributed by atoms with van der Waals surface area (Å²) >= 11 is 0. The van der Waals surface area contributed by atoms with Gasteiger partial charge in [-0.1, -0.05) is 38.2 Å². The third kappa shape index (κ3) is 3.19. The second kappa shape index (κ2) is 7.90. The second-order valence-electron chi connectivity index (χ2n) is 12.6. The molecule has 3 heteroatoms. The molecule has 0 radical (unpaired) electrons. The summed E-state index contributed by atoms with van der Waals surface area (Å²) in [5.74, 6) is 1.96. The standard InChI is InChI=1S/C31H42N2O/c1-21(6-7-23-13-17-32-20-22(23)2)27-10-11-28-29(27,3)14-12-25-18-24-8-9-26(33(4)5)19-30(24)15-16-31(25,28)34-30/h6-8,13,17-18,20-21,26-28H,9-12,14-16,19H2,1-5H3/b7-6+/t21-,26-,27-,28-,29-,30-,31-/m1/s1. The Morgan fingerprint density at radius 3 is 2.85 bits per heavy atom. The average Bonchev–Trinajstić information content (AvgIpc) is 3.33. The third-order valence-electron chi connectivity index (χ3n) is 10.8. The fourth-order valence-corrected chi connectivity index (χ4v) is 8.81. The van der Waals surface area contributed by atoms with Crippen LogP contribution in [-0.2, 0) is 4.74 Å². The van der Waals surface area contributed by atoms with E-state index in [2.05, 4.69) is 75.1 Å². The molecule has 0 N–H and O–H groups in total. The number of pyridine rings is 1. The Kier molecular flexibility index (Phi) is 5.28. The van der Waals surface area contributed by atoms with Crippen molar-refractivity contribution in [2.24, 2.45) is 23.2 Å². The molecule has 0 unspecified atom stereocenters. The number of aryl methyl sites for hydroxylation is 1. The molecular weight excluding hydrogens is 416 g/mol. The predicted molar refractivity (Wildman–Crippen MR) is 139 cm³/mol. The second-order valence-corrected chi connectivity index (χ2v) is 12.6. The quantitative estimate of drug-likeness (QED) is 0.499. The SMILES string of the molecule is Cc1cnccc1/C=C/[C@@H](C)[C@H]1CC[C@@H]2[C@]1(C)CCC1=CC3=CC[C@@H](N(C)C)C[C@]34CC[C@@]12O4. The Morgan fingerprint density at radius 1 is 1.21 bits per heavy atom. The molecule has 3 heterocycles. The van der Waals surface area contributed by atoms with Crippen molar-refractivity contribution < 1.29 is 4.74 Å². The van der Waals surface area contributed by atoms with Gasteiger partial charge in [0.2, 0.25) is 0 Å². The Hall–Kier alpha value is -1.71. The highest BCUT2D eigenvalue weighted by Gasteiger charge is 2.67. The van der Waals surface area contributed by atoms with Gasteiger partial charge in [0.1, 0.15) is 0 Å². The lowest BCUT2D eigenvalue weighted by molar-refractivity contribution is -0.149. The van der Waals surface area contributed by atoms with Gasteiger partial charge in [-0.05, 0) is 124 Å². The monoisotopic (exact) mass is 458 g/mol. The fourth-order valence-electron chi connectivity index (χ4n) is 8.81. The van der Waals surface area contributed by atoms with E-state index in [-0.39, 0.29) is 11.2 Å². The molecule has 0 aromatic carbocycles. The van der Waals surface area contributed by atoms with Gasteiger partial charge in [-0.25, -0.2) is 0 Å². The van der Waals surface area contributed by atoms with Gasteiger partial charge in [0.15, 0.2) is 0 Å². The Labute approximate surface area is 206 Å². The zero-order valence-corrected chi connectivity index (χ0v) is 21.8. The van der Waals surface area contributed by atoms with Crippen molar-refractivity contribution in [3.8, 4) is 0 Å². The third-order valence-corrected chi connectivity index (χ3v) is 10.8. The normalized spacial score (nSPS) is 41.6. The Balaban J connectivity index is 1.29. The number of fused-ring (bicyclic) bond motifs is 1. The molecule has 34 heavy (non-hydrogen) atoms. The van der Waals surface area contributed by atoms with Crippen LogP contribution in [-0.4, -0.2) is 41.2 Å². The molecule has 3 nitrogen and oxygen atoms in total. The highest BCUT2D eigenvalue weighted by molar-refractivity contribution is 5.53. The fraction of sp³-hybridized carbons (Fsp3) is 0.645. The van der Waals surface area contributed by atoms with Crippen LogP contribution in [0.1, 0.15) is 76.3 Å². The summed E-state index contributed by atoms with van der Waals surface area (Å²) in [5, 5.41) is 0. The zero-order chi connectivity index (χ0) is 23.7. The van der Waals surface area contributed by atoms with Crippen LogP contribution >= 0.6 is 0 Å². The van der Waals surface area contributed by atoms with Crippen LogP contribution in [0.5, 0.6) is 0 Å². The number of rotatable bonds is 4. The largest absolute Gasteiger partial charge is 0.359 e. The first-order chi connectivity index (χ1) is 16.3. The number of allylic oxidation sites excluding steroid dienone is 1. The molecule has 3 aliphatic carbocycles. The molecule has 5 aliphatic rings. The zero-order valence-electron chi connectivity index (χ0n) is 21.8. The van der Waals surface area contributed by atoms with E-state index in [1.54, 1.807) is 5.57 Å². The van der Waals surface area contributed by atoms with E-state index in [9.17, 15) is 0 Å². The van der Waals surface area contributed by atoms with Gasteiger partial charge in [0.05, 0.1) is 11.2 Å². The van der Waals surface area contributed by atoms with Crippen LogP contribution in [0.15, 0.2) is 47.8 Å². The maximum atomic E-state index is 7.42. The van der Waals surface area contributed by atoms with Gasteiger partial charge >= 0.3 is 0 Å². The first-order valence-corrected chi connectivity index (χ1v) is 13.6. The van der Waals surface area contributed by atoms with Gasteiger partial charge < -0.3 is 9.64 Å². The highest BCUT2D eigenvalue weighted by atomic mass is 16.5. The van der Waals surface area contributed by atoms with Crippen molar-refractivity contribution >= 4 is 6.08 Å². The molecule has 2 saturated carbocycles. The van der Waals surface area contributed by atoms with Crippen molar-refractivity contribution in [2.45, 2.75) is 89.4 Å². The van der Waals surface area contributed by atoms with E-state index >= 15 is 0 Å². The van der Waals surface area contributed by atoms with Gasteiger partial charge in [-0.15, -0.1) is 0 Å². The molecule has 2 spiro atoms. The van der Waals surface area contributed by atoms with Gasteiger partial charge in [0, 0.05) is 18.4 Å². The summed E-state index contributed by atoms with van der Waals surface area (Å²) < 4.78 is 7.42. The summed E-state index contributed by atoms with van der Waals surface area (Å²) in [4.78, 5) is 6.66. The van der Waals surface area contributed by atoms with Gasteiger partial charge in [0.25, 0.3) is 0 Å². The Morgan fingerprint density at radius 2 is 2.06 bits per heavy atom. The van der Waals surface area contributed by atoms with E-state index < -0.39 is 0 Å². The molecule has 0 amide bonds. The molecule has 3 fully saturated rings. The van der Waals surface area contributed by atoms with Gasteiger partial charge in [-0.3, -0.25) is 4.98 Å². The van der Waals surface area contributed by atoms with E-state index in [4.69, 9.17) is 4.74 Å². The first-order valence-electron chi connectivity index (χ1n) is 13.6. The minimum atomic E-state index is -0.0303. The lowest BCUT2D eigenvalue weighted by Crippen LogP contribution is -2.55. The van der Waals surface area contributed by atoms with Crippen LogP contribution in [0.4, 0.5) is 0 Å². The number of nitrogens with zero attached hydrogens (tertiary/aromatic N) is 2. The van der Waals surface area contributed by atoms with Crippen molar-refractivity contribution in [1.82, 2.24) is 9.88 Å². The summed E-state index contributed by atoms with van der Waals surface area (Å²) in [6.45, 7) is 7.23. The minimum Gasteiger partial charge on any atom is -0.359 e. The number of hydrogen-bond acceptors (Lipinski definition) is 3. The van der Waals surface area contributed by atoms with Crippen molar-refractivity contribution in [2.75, 3.05) is 14.1 Å². The molecule has 7 atom stereocenters. The van der Waals surface area contributed by atoms with Crippen LogP contribution in [0.3, 0.4) is 0 Å². The van der Waals surface area contributed by atoms with E-state index in [1.807, 2.05) is 12.4 Å². The maximum Gasteiger partial charge on any atom is 0.0956 e. The molecule has 1 aromatic rings. The maximum absolute atomic E-state index is 7.42. The van der Waals surface area contributed by atoms with Crippen LogP contribution < -0.4 is 0 Å². The number of aromatic nitrogens is 1. The lowest BCUT2D eigenvalue weighted by Gasteiger charge is -2.56. The Bertz CT molecular complexity index is 1070. The van der Waals surface area contributed by atoms with Crippen LogP contribution in [0.2, 0.25) is 0 Å². The summed E-state index contributed by atoms with van der Waals surface area (Å²) in [5.41, 5.74) is 6.03. The molecular formula is C31H42N2O. The molecule has 2 bridgehead atoms. The van der Waals surface area contributed by atoms with Crippen LogP contribution in [0.25, 0.3) is 6.08 Å². The number of hydrogen-bond donors (Lipinski definition) is 0. The predicted octanol–water partition coefficient (Wildman–Crippen LogP) is 6.74. The molecule has 182 valence electrons. The summed E-state index contributed by atoms with van der Waals surface area (Å²) in [6.07, 6.45) is 23.7.